The molecule has 3 aromatic rings. The van der Waals surface area contributed by atoms with E-state index in [-0.39, 0.29) is 11.8 Å². The molecule has 34 heavy (non-hydrogen) atoms. The van der Waals surface area contributed by atoms with Crippen molar-refractivity contribution >= 4 is 40.8 Å². The van der Waals surface area contributed by atoms with Gasteiger partial charge in [-0.3, -0.25) is 9.59 Å². The second-order valence-corrected chi connectivity index (χ2v) is 7.99. The number of morpholine rings is 1. The number of anilines is 3. The minimum absolute atomic E-state index is 0.180. The van der Waals surface area contributed by atoms with Crippen LogP contribution in [0.2, 0.25) is 0 Å². The number of benzene rings is 2. The van der Waals surface area contributed by atoms with Crippen LogP contribution < -0.4 is 31.3 Å². The molecule has 5 rings (SSSR count). The number of fused-ring (bicyclic) bond motifs is 1. The van der Waals surface area contributed by atoms with Crippen LogP contribution in [0.4, 0.5) is 17.2 Å². The molecule has 1 saturated heterocycles. The molecule has 0 spiro atoms. The zero-order valence-electron chi connectivity index (χ0n) is 18.7. The van der Waals surface area contributed by atoms with E-state index in [2.05, 4.69) is 38.0 Å². The number of nitrogens with zero attached hydrogens (tertiary/aromatic N) is 3. The van der Waals surface area contributed by atoms with E-state index in [1.807, 2.05) is 18.2 Å². The molecule has 1 aromatic heterocycles. The summed E-state index contributed by atoms with van der Waals surface area (Å²) >= 11 is 0. The summed E-state index contributed by atoms with van der Waals surface area (Å²) in [4.78, 5) is 31.4. The Labute approximate surface area is 197 Å². The summed E-state index contributed by atoms with van der Waals surface area (Å²) < 4.78 is 5.43. The van der Waals surface area contributed by atoms with Gasteiger partial charge in [-0.25, -0.2) is 10.3 Å². The van der Waals surface area contributed by atoms with Gasteiger partial charge in [0, 0.05) is 59.9 Å². The average molecular weight is 455 g/mol. The van der Waals surface area contributed by atoms with Gasteiger partial charge in [-0.2, -0.15) is 0 Å². The smallest absolute Gasteiger partial charge is 0.278 e. The fourth-order valence-electron chi connectivity index (χ4n) is 4.15. The Morgan fingerprint density at radius 3 is 2.44 bits per heavy atom. The first-order valence-corrected chi connectivity index (χ1v) is 11.1. The van der Waals surface area contributed by atoms with Crippen LogP contribution in [0.15, 0.2) is 60.8 Å². The summed E-state index contributed by atoms with van der Waals surface area (Å²) in [6, 6.07) is 16.9. The summed E-state index contributed by atoms with van der Waals surface area (Å²) in [6.45, 7) is 3.25. The first-order valence-electron chi connectivity index (χ1n) is 11.1. The summed E-state index contributed by atoms with van der Waals surface area (Å²) in [7, 11) is 1.58. The fourth-order valence-corrected chi connectivity index (χ4v) is 4.15. The van der Waals surface area contributed by atoms with E-state index in [1.54, 1.807) is 43.7 Å². The van der Waals surface area contributed by atoms with Crippen LogP contribution in [-0.2, 0) is 9.53 Å². The van der Waals surface area contributed by atoms with Gasteiger partial charge in [-0.05, 0) is 48.0 Å². The lowest BCUT2D eigenvalue weighted by molar-refractivity contribution is -0.114. The van der Waals surface area contributed by atoms with Gasteiger partial charge in [0.1, 0.15) is 5.82 Å². The van der Waals surface area contributed by atoms with Crippen molar-refractivity contribution in [2.75, 3.05) is 43.6 Å². The number of rotatable bonds is 5. The third kappa shape index (κ3) is 4.23. The van der Waals surface area contributed by atoms with Gasteiger partial charge in [-0.1, -0.05) is 12.1 Å². The number of hydrogen-bond acceptors (Lipinski definition) is 6. The van der Waals surface area contributed by atoms with E-state index >= 15 is 0 Å². The molecule has 0 bridgehead atoms. The van der Waals surface area contributed by atoms with Crippen LogP contribution >= 0.6 is 0 Å². The monoisotopic (exact) mass is 454 g/mol. The molecular weight excluding hydrogens is 430 g/mol. The molecular formula is C26H24N5O3. The minimum atomic E-state index is -0.327. The highest BCUT2D eigenvalue weighted by atomic mass is 16.5. The minimum Gasteiger partial charge on any atom is -0.378 e. The number of carbonyl (C=O) groups is 2. The molecule has 2 aromatic carbocycles. The van der Waals surface area contributed by atoms with Gasteiger partial charge in [0.15, 0.2) is 0 Å². The average Bonchev–Trinajstić information content (AvgIpc) is 2.89. The molecule has 0 aliphatic carbocycles. The highest BCUT2D eigenvalue weighted by molar-refractivity contribution is 6.21. The first-order chi connectivity index (χ1) is 16.6. The first kappa shape index (κ1) is 21.7. The quantitative estimate of drug-likeness (QED) is 0.599. The lowest BCUT2D eigenvalue weighted by Crippen LogP contribution is -2.39. The normalized spacial score (nSPS) is 15.1. The van der Waals surface area contributed by atoms with Crippen molar-refractivity contribution in [3.8, 4) is 0 Å². The highest BCUT2D eigenvalue weighted by Crippen LogP contribution is 2.21. The standard InChI is InChI=1S/C26H24N5O3/c1-27-25(32)18-4-2-17(3-5-18)23-21-10-11-28-24(22(21)16-29-26(23)33)30-19-6-8-20(9-7-19)31-12-14-34-15-13-31/h2-11,16H,12-15H2,1H3,(H,27,32)(H,28,30). The van der Waals surface area contributed by atoms with E-state index in [0.29, 0.717) is 22.5 Å². The second-order valence-electron chi connectivity index (χ2n) is 7.99. The van der Waals surface area contributed by atoms with Gasteiger partial charge >= 0.3 is 0 Å². The molecule has 8 heteroatoms. The molecule has 171 valence electrons. The van der Waals surface area contributed by atoms with Gasteiger partial charge < -0.3 is 20.3 Å². The summed E-state index contributed by atoms with van der Waals surface area (Å²) in [5.74, 6) is 0.111. The van der Waals surface area contributed by atoms with E-state index in [0.717, 1.165) is 48.1 Å². The van der Waals surface area contributed by atoms with Crippen molar-refractivity contribution in [3.63, 3.8) is 0 Å². The van der Waals surface area contributed by atoms with Crippen molar-refractivity contribution in [1.82, 2.24) is 15.6 Å². The fraction of sp³-hybridized carbons (Fsp3) is 0.192. The Morgan fingerprint density at radius 1 is 1.00 bits per heavy atom. The zero-order chi connectivity index (χ0) is 23.5. The third-order valence-corrected chi connectivity index (χ3v) is 5.95. The van der Waals surface area contributed by atoms with E-state index in [4.69, 9.17) is 4.74 Å². The van der Waals surface area contributed by atoms with Crippen LogP contribution in [0.3, 0.4) is 0 Å². The largest absolute Gasteiger partial charge is 0.378 e. The molecule has 1 fully saturated rings. The van der Waals surface area contributed by atoms with Gasteiger partial charge in [0.25, 0.3) is 11.8 Å². The summed E-state index contributed by atoms with van der Waals surface area (Å²) in [5, 5.41) is 11.5. The molecule has 2 aliphatic rings. The molecule has 2 aliphatic heterocycles. The zero-order valence-corrected chi connectivity index (χ0v) is 18.7. The van der Waals surface area contributed by atoms with Crippen LogP contribution in [0.1, 0.15) is 15.9 Å². The molecule has 8 nitrogen and oxygen atoms in total. The van der Waals surface area contributed by atoms with E-state index < -0.39 is 0 Å². The number of pyridine rings is 1. The predicted octanol–water partition coefficient (Wildman–Crippen LogP) is 1.10. The second kappa shape index (κ2) is 9.36. The summed E-state index contributed by atoms with van der Waals surface area (Å²) in [5.41, 5.74) is 3.74. The topological polar surface area (TPSA) is 97.7 Å². The Bertz CT molecular complexity index is 1340. The number of amides is 2. The Hall–Kier alpha value is -4.17. The molecule has 2 N–H and O–H groups in total. The molecule has 0 saturated carbocycles. The van der Waals surface area contributed by atoms with Crippen molar-refractivity contribution in [3.05, 3.63) is 82.4 Å². The van der Waals surface area contributed by atoms with Crippen LogP contribution in [0.25, 0.3) is 11.8 Å². The Morgan fingerprint density at radius 2 is 1.74 bits per heavy atom. The maximum atomic E-state index is 12.7. The summed E-state index contributed by atoms with van der Waals surface area (Å²) in [6.07, 6.45) is 3.23. The lowest BCUT2D eigenvalue weighted by atomic mass is 9.98. The van der Waals surface area contributed by atoms with Crippen molar-refractivity contribution in [1.29, 1.82) is 0 Å². The van der Waals surface area contributed by atoms with Gasteiger partial charge in [0.05, 0.1) is 18.8 Å². The van der Waals surface area contributed by atoms with Crippen molar-refractivity contribution in [2.24, 2.45) is 0 Å². The Balaban J connectivity index is 1.48. The molecule has 1 radical (unpaired) electrons. The third-order valence-electron chi connectivity index (χ3n) is 5.95. The van der Waals surface area contributed by atoms with E-state index in [1.165, 1.54) is 0 Å². The lowest BCUT2D eigenvalue weighted by Gasteiger charge is -2.28. The number of ether oxygens (including phenoxy) is 1. The molecule has 0 unspecified atom stereocenters. The molecule has 3 heterocycles. The van der Waals surface area contributed by atoms with Crippen molar-refractivity contribution in [2.45, 2.75) is 0 Å². The van der Waals surface area contributed by atoms with Gasteiger partial charge in [0.2, 0.25) is 0 Å². The maximum absolute atomic E-state index is 12.7. The number of nitrogens with one attached hydrogen (secondary N) is 2. The Kier molecular flexibility index (Phi) is 5.97. The highest BCUT2D eigenvalue weighted by Gasteiger charge is 2.19. The van der Waals surface area contributed by atoms with Crippen LogP contribution in [-0.4, -0.2) is 50.1 Å². The SMILES string of the molecule is CNC(=O)c1ccc(C2=c3ccnc(Nc4ccc(N5CCOCC5)cc4)c3=C[N]C2=O)cc1. The molecule has 2 amide bonds. The van der Waals surface area contributed by atoms with Crippen molar-refractivity contribution < 1.29 is 14.3 Å². The van der Waals surface area contributed by atoms with Crippen LogP contribution in [0, 0.1) is 0 Å². The molecule has 0 atom stereocenters. The maximum Gasteiger partial charge on any atom is 0.278 e. The van der Waals surface area contributed by atoms with Gasteiger partial charge in [-0.15, -0.1) is 0 Å². The number of hydrogen-bond donors (Lipinski definition) is 2. The number of carbonyl (C=O) groups excluding carboxylic acids is 2. The number of aromatic nitrogens is 1. The van der Waals surface area contributed by atoms with E-state index in [9.17, 15) is 9.59 Å². The van der Waals surface area contributed by atoms with Crippen LogP contribution in [0.5, 0.6) is 0 Å². The predicted molar refractivity (Wildman–Crippen MR) is 130 cm³/mol.